The third kappa shape index (κ3) is 7.26. The number of likely N-dealkylation sites (N-methyl/N-ethyl adjacent to an activating group) is 1. The predicted molar refractivity (Wildman–Crippen MR) is 148 cm³/mol. The summed E-state index contributed by atoms with van der Waals surface area (Å²) in [5.41, 5.74) is 1.73. The van der Waals surface area contributed by atoms with Crippen molar-refractivity contribution in [3.8, 4) is 11.5 Å². The lowest BCUT2D eigenvalue weighted by atomic mass is 10.0. The van der Waals surface area contributed by atoms with Gasteiger partial charge in [0.05, 0.1) is 38.3 Å². The molecule has 0 aliphatic carbocycles. The van der Waals surface area contributed by atoms with E-state index in [1.807, 2.05) is 55.5 Å². The fourth-order valence-corrected chi connectivity index (χ4v) is 5.16. The lowest BCUT2D eigenvalue weighted by Crippen LogP contribution is -2.58. The average molecular weight is 562 g/mol. The molecule has 5 rings (SSSR count). The zero-order chi connectivity index (χ0) is 28.8. The maximum Gasteiger partial charge on any atom is 0.239 e. The number of carbonyl (C=O) groups is 3. The molecule has 41 heavy (non-hydrogen) atoms. The number of piperidine rings is 1. The second-order valence-electron chi connectivity index (χ2n) is 10.3. The van der Waals surface area contributed by atoms with Gasteiger partial charge in [0.25, 0.3) is 0 Å². The van der Waals surface area contributed by atoms with Crippen LogP contribution in [0.1, 0.15) is 36.7 Å². The van der Waals surface area contributed by atoms with E-state index >= 15 is 0 Å². The third-order valence-corrected chi connectivity index (χ3v) is 7.42. The van der Waals surface area contributed by atoms with Gasteiger partial charge in [0, 0.05) is 26.1 Å². The van der Waals surface area contributed by atoms with E-state index in [-0.39, 0.29) is 43.2 Å². The fourth-order valence-electron chi connectivity index (χ4n) is 5.16. The molecule has 4 bridgehead atoms. The Bertz CT molecular complexity index is 1390. The maximum atomic E-state index is 13.2. The van der Waals surface area contributed by atoms with Crippen LogP contribution in [0.25, 0.3) is 0 Å². The number of benzene rings is 2. The van der Waals surface area contributed by atoms with Gasteiger partial charge in [-0.05, 0) is 66.1 Å². The molecule has 3 amide bonds. The van der Waals surface area contributed by atoms with Gasteiger partial charge in [-0.25, -0.2) is 4.68 Å². The normalized spacial score (nSPS) is 20.0. The highest BCUT2D eigenvalue weighted by Crippen LogP contribution is 2.25. The molecule has 3 heterocycles. The number of aryl methyl sites for hydroxylation is 2. The van der Waals surface area contributed by atoms with E-state index in [0.717, 1.165) is 11.1 Å². The molecule has 12 heteroatoms. The Labute approximate surface area is 238 Å². The van der Waals surface area contributed by atoms with E-state index in [1.165, 1.54) is 4.90 Å². The monoisotopic (exact) mass is 561 g/mol. The van der Waals surface area contributed by atoms with Crippen LogP contribution >= 0.6 is 0 Å². The van der Waals surface area contributed by atoms with Crippen LogP contribution in [0, 0.1) is 6.92 Å². The lowest BCUT2D eigenvalue weighted by Gasteiger charge is -2.39. The quantitative estimate of drug-likeness (QED) is 0.511. The zero-order valence-electron chi connectivity index (χ0n) is 23.4. The van der Waals surface area contributed by atoms with Crippen LogP contribution in [0.5, 0.6) is 11.5 Å². The standard InChI is InChI=1S/C29H35N7O5/c1-3-34-18-27(37)30-25-17-35(28(38)11-13-36-20(2)31-32-33-36)12-10-26(25)40-19-22-7-5-9-24(15-22)41-23-8-4-6-21(14-23)16-29(34)39/h4-9,14-15,25-26H,3,10-13,16-19H2,1-2H3,(H,30,37)/t25-,26-/m0/s1. The third-order valence-electron chi connectivity index (χ3n) is 7.42. The second-order valence-corrected chi connectivity index (χ2v) is 10.3. The molecule has 1 aromatic heterocycles. The highest BCUT2D eigenvalue weighted by molar-refractivity contribution is 5.86. The van der Waals surface area contributed by atoms with Crippen LogP contribution in [0.4, 0.5) is 0 Å². The first-order valence-corrected chi connectivity index (χ1v) is 13.9. The SMILES string of the molecule is CCN1CC(=O)N[C@H]2CN(C(=O)CCn3nnnc3C)CC[C@@H]2OCc2cccc(c2)Oc2cccc(c2)CC1=O. The van der Waals surface area contributed by atoms with Crippen molar-refractivity contribution in [1.29, 1.82) is 0 Å². The number of aromatic nitrogens is 4. The second kappa shape index (κ2) is 12.9. The Kier molecular flexibility index (Phi) is 8.88. The van der Waals surface area contributed by atoms with E-state index < -0.39 is 6.04 Å². The summed E-state index contributed by atoms with van der Waals surface area (Å²) < 4.78 is 14.0. The lowest BCUT2D eigenvalue weighted by molar-refractivity contribution is -0.139. The van der Waals surface area contributed by atoms with Crippen molar-refractivity contribution < 1.29 is 23.9 Å². The minimum absolute atomic E-state index is 0.0482. The molecule has 1 saturated heterocycles. The number of likely N-dealkylation sites (tertiary alicyclic amines) is 1. The molecule has 2 aliphatic heterocycles. The first kappa shape index (κ1) is 28.2. The molecule has 1 N–H and O–H groups in total. The van der Waals surface area contributed by atoms with Crippen LogP contribution in [-0.4, -0.2) is 86.1 Å². The van der Waals surface area contributed by atoms with Crippen molar-refractivity contribution in [3.05, 3.63) is 65.5 Å². The summed E-state index contributed by atoms with van der Waals surface area (Å²) in [4.78, 5) is 42.7. The van der Waals surface area contributed by atoms with E-state index in [0.29, 0.717) is 56.5 Å². The first-order chi connectivity index (χ1) is 19.9. The van der Waals surface area contributed by atoms with E-state index in [2.05, 4.69) is 20.8 Å². The van der Waals surface area contributed by atoms with Gasteiger partial charge in [-0.2, -0.15) is 0 Å². The van der Waals surface area contributed by atoms with Gasteiger partial charge in [-0.1, -0.05) is 24.3 Å². The Morgan fingerprint density at radius 2 is 1.85 bits per heavy atom. The summed E-state index contributed by atoms with van der Waals surface area (Å²) >= 11 is 0. The van der Waals surface area contributed by atoms with Crippen LogP contribution in [0.2, 0.25) is 0 Å². The number of ether oxygens (including phenoxy) is 2. The van der Waals surface area contributed by atoms with Crippen molar-refractivity contribution >= 4 is 17.7 Å². The smallest absolute Gasteiger partial charge is 0.239 e. The van der Waals surface area contributed by atoms with Gasteiger partial charge < -0.3 is 24.6 Å². The summed E-state index contributed by atoms with van der Waals surface area (Å²) in [6.45, 7) is 5.44. The summed E-state index contributed by atoms with van der Waals surface area (Å²) in [5, 5.41) is 14.5. The number of hydrogen-bond donors (Lipinski definition) is 1. The number of fused-ring (bicyclic) bond motifs is 5. The minimum atomic E-state index is -0.436. The maximum absolute atomic E-state index is 13.2. The number of tetrazole rings is 1. The predicted octanol–water partition coefficient (Wildman–Crippen LogP) is 1.87. The van der Waals surface area contributed by atoms with E-state index in [9.17, 15) is 14.4 Å². The first-order valence-electron chi connectivity index (χ1n) is 13.9. The highest BCUT2D eigenvalue weighted by Gasteiger charge is 2.34. The van der Waals surface area contributed by atoms with Gasteiger partial charge in [0.15, 0.2) is 0 Å². The summed E-state index contributed by atoms with van der Waals surface area (Å²) in [6, 6.07) is 14.6. The number of nitrogens with one attached hydrogen (secondary N) is 1. The van der Waals surface area contributed by atoms with Gasteiger partial charge in [-0.3, -0.25) is 14.4 Å². The van der Waals surface area contributed by atoms with Crippen LogP contribution in [-0.2, 0) is 38.7 Å². The molecule has 3 aromatic rings. The number of amides is 3. The van der Waals surface area contributed by atoms with Crippen molar-refractivity contribution in [3.63, 3.8) is 0 Å². The van der Waals surface area contributed by atoms with Gasteiger partial charge in [0.2, 0.25) is 17.7 Å². The Morgan fingerprint density at radius 3 is 2.59 bits per heavy atom. The molecule has 0 radical (unpaired) electrons. The summed E-state index contributed by atoms with van der Waals surface area (Å²) in [5.74, 6) is 1.44. The molecular formula is C29H35N7O5. The summed E-state index contributed by atoms with van der Waals surface area (Å²) in [7, 11) is 0. The van der Waals surface area contributed by atoms with Gasteiger partial charge in [0.1, 0.15) is 17.3 Å². The van der Waals surface area contributed by atoms with Crippen molar-refractivity contribution in [1.82, 2.24) is 35.3 Å². The van der Waals surface area contributed by atoms with Crippen LogP contribution < -0.4 is 10.1 Å². The largest absolute Gasteiger partial charge is 0.457 e. The molecule has 216 valence electrons. The Balaban J connectivity index is 1.34. The van der Waals surface area contributed by atoms with Crippen molar-refractivity contribution in [2.24, 2.45) is 0 Å². The molecular weight excluding hydrogens is 526 g/mol. The van der Waals surface area contributed by atoms with E-state index in [4.69, 9.17) is 9.47 Å². The minimum Gasteiger partial charge on any atom is -0.457 e. The Morgan fingerprint density at radius 1 is 1.10 bits per heavy atom. The molecule has 12 nitrogen and oxygen atoms in total. The van der Waals surface area contributed by atoms with Crippen LogP contribution in [0.15, 0.2) is 48.5 Å². The summed E-state index contributed by atoms with van der Waals surface area (Å²) in [6.07, 6.45) is 0.630. The molecule has 2 atom stereocenters. The fraction of sp³-hybridized carbons (Fsp3) is 0.448. The van der Waals surface area contributed by atoms with Crippen molar-refractivity contribution in [2.75, 3.05) is 26.2 Å². The number of nitrogens with zero attached hydrogens (tertiary/aromatic N) is 6. The highest BCUT2D eigenvalue weighted by atomic mass is 16.5. The van der Waals surface area contributed by atoms with Crippen molar-refractivity contribution in [2.45, 2.75) is 58.4 Å². The van der Waals surface area contributed by atoms with Crippen LogP contribution in [0.3, 0.4) is 0 Å². The topological polar surface area (TPSA) is 132 Å². The van der Waals surface area contributed by atoms with E-state index in [1.54, 1.807) is 16.5 Å². The molecule has 0 spiro atoms. The number of hydrogen-bond acceptors (Lipinski definition) is 8. The molecule has 2 aliphatic rings. The van der Waals surface area contributed by atoms with Gasteiger partial charge >= 0.3 is 0 Å². The molecule has 0 saturated carbocycles. The average Bonchev–Trinajstić information content (AvgIpc) is 3.38. The number of carbonyl (C=O) groups excluding carboxylic acids is 3. The Hall–Kier alpha value is -4.32. The zero-order valence-corrected chi connectivity index (χ0v) is 23.4. The molecule has 1 fully saturated rings. The van der Waals surface area contributed by atoms with Gasteiger partial charge in [-0.15, -0.1) is 5.10 Å². The number of rotatable bonds is 4. The molecule has 2 aromatic carbocycles. The molecule has 0 unspecified atom stereocenters.